The number of hydrogen-bond acceptors (Lipinski definition) is 7. The van der Waals surface area contributed by atoms with Gasteiger partial charge in [-0.25, -0.2) is 4.39 Å². The van der Waals surface area contributed by atoms with Crippen LogP contribution in [0.4, 0.5) is 38.5 Å². The molecule has 412 valence electrons. The number of nitrogens with zero attached hydrogens (tertiary/aromatic N) is 4. The Morgan fingerprint density at radius 1 is 0.415 bits per heavy atom. The van der Waals surface area contributed by atoms with Gasteiger partial charge in [0.25, 0.3) is 0 Å². The van der Waals surface area contributed by atoms with E-state index in [4.69, 9.17) is 0 Å². The van der Waals surface area contributed by atoms with E-state index < -0.39 is 24.2 Å². The molecule has 9 aromatic carbocycles. The van der Waals surface area contributed by atoms with Gasteiger partial charge in [0, 0.05) is 73.2 Å². The molecule has 0 fully saturated rings. The summed E-state index contributed by atoms with van der Waals surface area (Å²) >= 11 is 5.74. The Bertz CT molecular complexity index is 4550. The van der Waals surface area contributed by atoms with Crippen molar-refractivity contribution in [3.63, 3.8) is 0 Å². The molecule has 0 unspecified atom stereocenters. The molecular weight excluding hydrogens is 1110 g/mol. The van der Waals surface area contributed by atoms with Gasteiger partial charge in [0.05, 0.1) is 72.3 Å². The van der Waals surface area contributed by atoms with Crippen LogP contribution >= 0.6 is 34.0 Å². The molecule has 4 nitrogen and oxygen atoms in total. The number of fused-ring (bicyclic) bond motifs is 9. The number of para-hydroxylation sites is 3. The maximum absolute atomic E-state index is 16.0. The van der Waals surface area contributed by atoms with Gasteiger partial charge in [-0.15, -0.1) is 34.0 Å². The third kappa shape index (κ3) is 9.69. The van der Waals surface area contributed by atoms with E-state index in [0.717, 1.165) is 29.2 Å². The van der Waals surface area contributed by atoms with Crippen molar-refractivity contribution in [2.24, 2.45) is 0 Å². The SMILES string of the molecule is CN(c1ccccc1C#N)c1cc(C[Si](C)(C)c2cccc3c2sc2c(N(C)c4ccccc4F)cc(C[Si](C)(C)c4cccc5c4sc4c(N(C)c6ccccc6C(C)(C)C)cccc45)cc23)cc2c1sc1c([Si](C)(C)C)cccc12. The predicted octanol–water partition coefficient (Wildman–Crippen LogP) is 19.3. The molecule has 0 saturated carbocycles. The Hall–Kier alpha value is -6.89. The summed E-state index contributed by atoms with van der Waals surface area (Å²) in [6.07, 6.45) is 0. The van der Waals surface area contributed by atoms with Crippen molar-refractivity contribution in [1.29, 1.82) is 5.26 Å². The van der Waals surface area contributed by atoms with Crippen molar-refractivity contribution < 1.29 is 4.39 Å². The van der Waals surface area contributed by atoms with E-state index in [1.165, 1.54) is 104 Å². The Balaban J connectivity index is 0.973. The lowest BCUT2D eigenvalue weighted by Crippen LogP contribution is -2.44. The summed E-state index contributed by atoms with van der Waals surface area (Å²) in [5.74, 6) is -0.231. The smallest absolute Gasteiger partial charge is 0.146 e. The van der Waals surface area contributed by atoms with Gasteiger partial charge in [0.15, 0.2) is 0 Å². The summed E-state index contributed by atoms with van der Waals surface area (Å²) in [6, 6.07) is 65.8. The Labute approximate surface area is 498 Å². The molecule has 0 N–H and O–H groups in total. The normalized spacial score (nSPS) is 12.6. The highest BCUT2D eigenvalue weighted by molar-refractivity contribution is 7.29. The maximum atomic E-state index is 16.0. The minimum Gasteiger partial charge on any atom is -0.343 e. The van der Waals surface area contributed by atoms with E-state index in [1.807, 2.05) is 71.4 Å². The lowest BCUT2D eigenvalue weighted by Gasteiger charge is -2.29. The summed E-state index contributed by atoms with van der Waals surface area (Å²) in [6.45, 7) is 24.4. The summed E-state index contributed by atoms with van der Waals surface area (Å²) in [7, 11) is 0.171. The first kappa shape index (κ1) is 55.6. The van der Waals surface area contributed by atoms with Gasteiger partial charge in [-0.2, -0.15) is 5.26 Å². The van der Waals surface area contributed by atoms with Gasteiger partial charge < -0.3 is 14.7 Å². The number of rotatable bonds is 13. The van der Waals surface area contributed by atoms with Gasteiger partial charge in [0.2, 0.25) is 0 Å². The third-order valence-electron chi connectivity index (χ3n) is 17.1. The minimum atomic E-state index is -2.29. The van der Waals surface area contributed by atoms with E-state index in [9.17, 15) is 5.26 Å². The highest BCUT2D eigenvalue weighted by Crippen LogP contribution is 2.47. The second kappa shape index (κ2) is 20.8. The van der Waals surface area contributed by atoms with Crippen LogP contribution in [0.25, 0.3) is 60.5 Å². The number of nitriles is 1. The first-order valence-electron chi connectivity index (χ1n) is 28.5. The lowest BCUT2D eigenvalue weighted by atomic mass is 9.85. The molecule has 0 bridgehead atoms. The number of halogens is 1. The Morgan fingerprint density at radius 3 is 1.32 bits per heavy atom. The van der Waals surface area contributed by atoms with Crippen molar-refractivity contribution >= 4 is 168 Å². The van der Waals surface area contributed by atoms with E-state index in [0.29, 0.717) is 11.3 Å². The number of thiophene rings is 3. The van der Waals surface area contributed by atoms with Crippen LogP contribution in [0.5, 0.6) is 0 Å². The largest absolute Gasteiger partial charge is 0.343 e. The predicted molar refractivity (Wildman–Crippen MR) is 370 cm³/mol. The van der Waals surface area contributed by atoms with Gasteiger partial charge in [-0.1, -0.05) is 176 Å². The quantitative estimate of drug-likeness (QED) is 0.108. The first-order chi connectivity index (χ1) is 39.0. The molecule has 0 aliphatic rings. The average molecular weight is 1180 g/mol. The molecule has 12 rings (SSSR count). The lowest BCUT2D eigenvalue weighted by molar-refractivity contribution is 0.590. The molecule has 3 aromatic heterocycles. The minimum absolute atomic E-state index is 0.00321. The highest BCUT2D eigenvalue weighted by atomic mass is 32.1. The zero-order valence-electron chi connectivity index (χ0n) is 49.5. The number of anilines is 6. The van der Waals surface area contributed by atoms with Crippen molar-refractivity contribution in [1.82, 2.24) is 0 Å². The molecule has 0 aliphatic carbocycles. The Kier molecular flexibility index (Phi) is 14.1. The molecule has 82 heavy (non-hydrogen) atoms. The summed E-state index contributed by atoms with van der Waals surface area (Å²) in [5, 5.41) is 22.5. The van der Waals surface area contributed by atoms with Crippen molar-refractivity contribution in [3.05, 3.63) is 198 Å². The maximum Gasteiger partial charge on any atom is 0.146 e. The molecule has 3 heterocycles. The molecule has 11 heteroatoms. The zero-order chi connectivity index (χ0) is 57.8. The van der Waals surface area contributed by atoms with Crippen LogP contribution in [-0.2, 0) is 17.5 Å². The molecule has 12 aromatic rings. The van der Waals surface area contributed by atoms with Crippen molar-refractivity contribution in [2.45, 2.75) is 84.1 Å². The fraction of sp³-hybridized carbons (Fsp3) is 0.225. The fourth-order valence-electron chi connectivity index (χ4n) is 12.9. The van der Waals surface area contributed by atoms with Crippen LogP contribution < -0.4 is 30.3 Å². The van der Waals surface area contributed by atoms with E-state index in [-0.39, 0.29) is 11.2 Å². The van der Waals surface area contributed by atoms with Crippen LogP contribution in [0.1, 0.15) is 43.0 Å². The topological polar surface area (TPSA) is 33.5 Å². The molecule has 0 saturated heterocycles. The van der Waals surface area contributed by atoms with Crippen LogP contribution in [0, 0.1) is 17.1 Å². The standard InChI is InChI=1S/C71H71FN4S3Si3/c1-71(2,3)54-29-15-18-32-57(54)75(5)59-34-20-25-48-49-26-22-36-63(69(49)77-65(48)59)81(10,11)44-46-39-53-51-28-23-37-64(70(51)79-67(53)61(41-46)76(6)58-33-19-16-30-55(58)72)82(12,13)43-45-38-52-50-27-21-35-62(80(7,8)9)68(50)78-66(52)60(40-45)74(4)56-31-17-14-24-47(56)42-73/h14-41H,43-44H2,1-13H3. The van der Waals surface area contributed by atoms with Crippen LogP contribution in [0.15, 0.2) is 170 Å². The average Bonchev–Trinajstić information content (AvgIpc) is 2.20. The van der Waals surface area contributed by atoms with Gasteiger partial charge in [-0.05, 0) is 110 Å². The summed E-state index contributed by atoms with van der Waals surface area (Å²) < 4.78 is 23.9. The number of benzene rings is 9. The first-order valence-corrected chi connectivity index (χ1v) is 40.9. The number of hydrogen-bond donors (Lipinski definition) is 0. The molecular formula is C71H71FN4S3Si3. The van der Waals surface area contributed by atoms with Gasteiger partial charge in [0.1, 0.15) is 11.9 Å². The van der Waals surface area contributed by atoms with Crippen molar-refractivity contribution in [2.75, 3.05) is 35.8 Å². The highest BCUT2D eigenvalue weighted by Gasteiger charge is 2.33. The van der Waals surface area contributed by atoms with Crippen LogP contribution in [-0.4, -0.2) is 45.4 Å². The summed E-state index contributed by atoms with van der Waals surface area (Å²) in [4.78, 5) is 6.73. The zero-order valence-corrected chi connectivity index (χ0v) is 54.9. The second-order valence-electron chi connectivity index (χ2n) is 25.9. The van der Waals surface area contributed by atoms with E-state index in [2.05, 4.69) is 229 Å². The van der Waals surface area contributed by atoms with E-state index >= 15 is 4.39 Å². The van der Waals surface area contributed by atoms with E-state index in [1.54, 1.807) is 12.1 Å². The van der Waals surface area contributed by atoms with Gasteiger partial charge in [-0.3, -0.25) is 0 Å². The van der Waals surface area contributed by atoms with Gasteiger partial charge >= 0.3 is 0 Å². The second-order valence-corrected chi connectivity index (χ2v) is 43.3. The van der Waals surface area contributed by atoms with Crippen LogP contribution in [0.2, 0.25) is 45.8 Å². The summed E-state index contributed by atoms with van der Waals surface area (Å²) in [5.41, 5.74) is 10.7. The molecule has 0 aliphatic heterocycles. The molecule has 0 spiro atoms. The molecule has 0 amide bonds. The molecule has 0 atom stereocenters. The van der Waals surface area contributed by atoms with Crippen molar-refractivity contribution in [3.8, 4) is 6.07 Å². The Morgan fingerprint density at radius 2 is 0.805 bits per heavy atom. The van der Waals surface area contributed by atoms with Crippen LogP contribution in [0.3, 0.4) is 0 Å². The monoisotopic (exact) mass is 1180 g/mol. The molecule has 0 radical (unpaired) electrons. The fourth-order valence-corrected chi connectivity index (χ4v) is 26.5. The third-order valence-corrected chi connectivity index (χ3v) is 29.8.